The third kappa shape index (κ3) is 4.89. The quantitative estimate of drug-likeness (QED) is 0.809. The van der Waals surface area contributed by atoms with E-state index in [0.717, 1.165) is 10.9 Å². The van der Waals surface area contributed by atoms with Crippen LogP contribution in [-0.4, -0.2) is 25.8 Å². The lowest BCUT2D eigenvalue weighted by molar-refractivity contribution is 0.281. The van der Waals surface area contributed by atoms with Crippen molar-refractivity contribution in [2.24, 2.45) is 5.41 Å². The maximum atomic E-state index is 12.6. The molecule has 0 heterocycles. The van der Waals surface area contributed by atoms with Gasteiger partial charge in [0, 0.05) is 17.6 Å². The highest BCUT2D eigenvalue weighted by atomic mass is 79.9. The molecule has 19 heavy (non-hydrogen) atoms. The zero-order chi connectivity index (χ0) is 14.7. The highest BCUT2D eigenvalue weighted by Crippen LogP contribution is 2.23. The lowest BCUT2D eigenvalue weighted by Crippen LogP contribution is -2.38. The van der Waals surface area contributed by atoms with Crippen molar-refractivity contribution >= 4 is 26.0 Å². The molecule has 0 saturated heterocycles. The average molecular weight is 348 g/mol. The maximum absolute atomic E-state index is 12.6. The number of benzene rings is 1. The minimum atomic E-state index is -3.40. The Bertz CT molecular complexity index is 503. The summed E-state index contributed by atoms with van der Waals surface area (Å²) in [5, 5.41) is 0. The second-order valence-corrected chi connectivity index (χ2v) is 8.71. The Morgan fingerprint density at radius 2 is 1.68 bits per heavy atom. The summed E-state index contributed by atoms with van der Waals surface area (Å²) in [5.74, 6) is 0. The van der Waals surface area contributed by atoms with E-state index in [0.29, 0.717) is 18.0 Å². The molecule has 0 bridgehead atoms. The van der Waals surface area contributed by atoms with Gasteiger partial charge in [0.25, 0.3) is 0 Å². The van der Waals surface area contributed by atoms with E-state index in [1.165, 1.54) is 0 Å². The van der Waals surface area contributed by atoms with Crippen molar-refractivity contribution < 1.29 is 8.42 Å². The van der Waals surface area contributed by atoms with E-state index < -0.39 is 10.0 Å². The summed E-state index contributed by atoms with van der Waals surface area (Å²) in [5.41, 5.74) is -0.0579. The minimum absolute atomic E-state index is 0.0579. The van der Waals surface area contributed by atoms with Crippen LogP contribution in [0.25, 0.3) is 0 Å². The fourth-order valence-corrected chi connectivity index (χ4v) is 3.84. The molecule has 0 aromatic heterocycles. The van der Waals surface area contributed by atoms with E-state index in [2.05, 4.69) is 15.9 Å². The largest absolute Gasteiger partial charge is 0.243 e. The molecule has 0 radical (unpaired) electrons. The van der Waals surface area contributed by atoms with Crippen LogP contribution >= 0.6 is 15.9 Å². The topological polar surface area (TPSA) is 37.4 Å². The molecule has 0 spiro atoms. The molecule has 0 saturated carbocycles. The standard InChI is InChI=1S/C14H22BrNO2S/c1-5-10-16(11-14(2,3)4)19(17,18)13-8-6-12(15)7-9-13/h6-9H,5,10-11H2,1-4H3. The van der Waals surface area contributed by atoms with E-state index >= 15 is 0 Å². The first kappa shape index (κ1) is 16.7. The molecule has 0 atom stereocenters. The molecular weight excluding hydrogens is 326 g/mol. The highest BCUT2D eigenvalue weighted by Gasteiger charge is 2.27. The Hall–Kier alpha value is -0.390. The zero-order valence-corrected chi connectivity index (χ0v) is 14.4. The molecule has 108 valence electrons. The summed E-state index contributed by atoms with van der Waals surface area (Å²) < 4.78 is 27.7. The van der Waals surface area contributed by atoms with Gasteiger partial charge < -0.3 is 0 Å². The van der Waals surface area contributed by atoms with Crippen LogP contribution in [0.3, 0.4) is 0 Å². The molecule has 0 amide bonds. The second kappa shape index (κ2) is 6.37. The first-order chi connectivity index (χ1) is 8.66. The predicted molar refractivity (Wildman–Crippen MR) is 82.6 cm³/mol. The van der Waals surface area contributed by atoms with Crippen LogP contribution in [0.4, 0.5) is 0 Å². The van der Waals surface area contributed by atoms with Gasteiger partial charge in [0.15, 0.2) is 0 Å². The van der Waals surface area contributed by atoms with Crippen LogP contribution in [0.2, 0.25) is 0 Å². The third-order valence-corrected chi connectivity index (χ3v) is 4.96. The molecule has 0 fully saturated rings. The molecule has 0 unspecified atom stereocenters. The monoisotopic (exact) mass is 347 g/mol. The third-order valence-electron chi connectivity index (χ3n) is 2.58. The molecule has 0 aliphatic heterocycles. The number of hydrogen-bond donors (Lipinski definition) is 0. The Balaban J connectivity index is 3.09. The van der Waals surface area contributed by atoms with Gasteiger partial charge >= 0.3 is 0 Å². The molecule has 1 aromatic carbocycles. The number of hydrogen-bond acceptors (Lipinski definition) is 2. The smallest absolute Gasteiger partial charge is 0.207 e. The van der Waals surface area contributed by atoms with Crippen LogP contribution in [0.5, 0.6) is 0 Å². The van der Waals surface area contributed by atoms with Gasteiger partial charge in [-0.25, -0.2) is 8.42 Å². The summed E-state index contributed by atoms with van der Waals surface area (Å²) in [6.45, 7) is 9.22. The number of sulfonamides is 1. The van der Waals surface area contributed by atoms with Crippen molar-refractivity contribution in [3.63, 3.8) is 0 Å². The van der Waals surface area contributed by atoms with Crippen molar-refractivity contribution in [3.05, 3.63) is 28.7 Å². The summed E-state index contributed by atoms with van der Waals surface area (Å²) in [4.78, 5) is 0.355. The number of halogens is 1. The minimum Gasteiger partial charge on any atom is -0.207 e. The number of rotatable bonds is 5. The molecule has 0 N–H and O–H groups in total. The maximum Gasteiger partial charge on any atom is 0.243 e. The van der Waals surface area contributed by atoms with E-state index in [9.17, 15) is 8.42 Å². The van der Waals surface area contributed by atoms with Crippen molar-refractivity contribution in [1.29, 1.82) is 0 Å². The van der Waals surface area contributed by atoms with E-state index in [-0.39, 0.29) is 5.41 Å². The fraction of sp³-hybridized carbons (Fsp3) is 0.571. The Kier molecular flexibility index (Phi) is 5.59. The molecule has 5 heteroatoms. The Labute approximate surface area is 125 Å². The lowest BCUT2D eigenvalue weighted by Gasteiger charge is -2.29. The first-order valence-electron chi connectivity index (χ1n) is 6.42. The van der Waals surface area contributed by atoms with Crippen molar-refractivity contribution in [2.75, 3.05) is 13.1 Å². The molecule has 0 aliphatic carbocycles. The first-order valence-corrected chi connectivity index (χ1v) is 8.66. The van der Waals surface area contributed by atoms with Gasteiger partial charge in [0.1, 0.15) is 0 Å². The van der Waals surface area contributed by atoms with Crippen LogP contribution < -0.4 is 0 Å². The Morgan fingerprint density at radius 1 is 1.16 bits per heavy atom. The van der Waals surface area contributed by atoms with Gasteiger partial charge in [-0.2, -0.15) is 4.31 Å². The van der Waals surface area contributed by atoms with Gasteiger partial charge in [-0.1, -0.05) is 43.6 Å². The van der Waals surface area contributed by atoms with Crippen molar-refractivity contribution in [1.82, 2.24) is 4.31 Å². The van der Waals surface area contributed by atoms with Crippen LogP contribution in [0, 0.1) is 5.41 Å². The Morgan fingerprint density at radius 3 is 2.11 bits per heavy atom. The zero-order valence-electron chi connectivity index (χ0n) is 12.0. The fourth-order valence-electron chi connectivity index (χ4n) is 1.82. The van der Waals surface area contributed by atoms with Crippen LogP contribution in [0.15, 0.2) is 33.6 Å². The normalized spacial score (nSPS) is 12.9. The average Bonchev–Trinajstić information content (AvgIpc) is 2.27. The second-order valence-electron chi connectivity index (χ2n) is 5.85. The SMILES string of the molecule is CCCN(CC(C)(C)C)S(=O)(=O)c1ccc(Br)cc1. The van der Waals surface area contributed by atoms with Gasteiger partial charge in [-0.05, 0) is 36.1 Å². The van der Waals surface area contributed by atoms with E-state index in [4.69, 9.17) is 0 Å². The van der Waals surface area contributed by atoms with Crippen molar-refractivity contribution in [2.45, 2.75) is 39.0 Å². The van der Waals surface area contributed by atoms with Crippen molar-refractivity contribution in [3.8, 4) is 0 Å². The van der Waals surface area contributed by atoms with E-state index in [1.807, 2.05) is 27.7 Å². The van der Waals surface area contributed by atoms with E-state index in [1.54, 1.807) is 28.6 Å². The molecule has 3 nitrogen and oxygen atoms in total. The van der Waals surface area contributed by atoms with Gasteiger partial charge in [0.05, 0.1) is 4.90 Å². The van der Waals surface area contributed by atoms with Gasteiger partial charge in [0.2, 0.25) is 10.0 Å². The van der Waals surface area contributed by atoms with Gasteiger partial charge in [-0.15, -0.1) is 0 Å². The highest BCUT2D eigenvalue weighted by molar-refractivity contribution is 9.10. The molecule has 1 rings (SSSR count). The summed E-state index contributed by atoms with van der Waals surface area (Å²) in [6.07, 6.45) is 0.811. The molecule has 0 aliphatic rings. The lowest BCUT2D eigenvalue weighted by atomic mass is 9.97. The molecular formula is C14H22BrNO2S. The summed E-state index contributed by atoms with van der Waals surface area (Å²) in [7, 11) is -3.40. The van der Waals surface area contributed by atoms with Gasteiger partial charge in [-0.3, -0.25) is 0 Å². The van der Waals surface area contributed by atoms with Crippen LogP contribution in [0.1, 0.15) is 34.1 Å². The van der Waals surface area contributed by atoms with Crippen LogP contribution in [-0.2, 0) is 10.0 Å². The molecule has 1 aromatic rings. The number of nitrogens with zero attached hydrogens (tertiary/aromatic N) is 1. The summed E-state index contributed by atoms with van der Waals surface area (Å²) in [6, 6.07) is 6.80. The predicted octanol–water partition coefficient (Wildman–Crippen LogP) is 3.90. The summed E-state index contributed by atoms with van der Waals surface area (Å²) >= 11 is 3.32.